The van der Waals surface area contributed by atoms with E-state index in [1.807, 2.05) is 14.0 Å². The number of carboxylic acid groups (broad SMARTS) is 1. The van der Waals surface area contributed by atoms with Crippen molar-refractivity contribution in [1.29, 1.82) is 0 Å². The second kappa shape index (κ2) is 5.49. The second-order valence-electron chi connectivity index (χ2n) is 5.55. The standard InChI is InChI=1S/C14H22N2O2S/c1-10-11(2)19-13(15-10)16(3)14(9-12(17)18)7-5-4-6-8-14/h4-9H2,1-3H3,(H,17,18). The topological polar surface area (TPSA) is 53.4 Å². The third-order valence-electron chi connectivity index (χ3n) is 4.28. The number of anilines is 1. The molecule has 1 saturated carbocycles. The zero-order chi connectivity index (χ0) is 14.0. The van der Waals surface area contributed by atoms with E-state index >= 15 is 0 Å². The number of aromatic nitrogens is 1. The van der Waals surface area contributed by atoms with Crippen LogP contribution in [-0.4, -0.2) is 28.6 Å². The van der Waals surface area contributed by atoms with Crippen LogP contribution in [0.5, 0.6) is 0 Å². The molecule has 0 aromatic carbocycles. The fourth-order valence-corrected chi connectivity index (χ4v) is 3.90. The summed E-state index contributed by atoms with van der Waals surface area (Å²) in [6, 6.07) is 0. The lowest BCUT2D eigenvalue weighted by atomic mass is 9.78. The summed E-state index contributed by atoms with van der Waals surface area (Å²) in [5.41, 5.74) is 0.800. The van der Waals surface area contributed by atoms with Crippen LogP contribution in [0.15, 0.2) is 0 Å². The van der Waals surface area contributed by atoms with Gasteiger partial charge >= 0.3 is 5.97 Å². The van der Waals surface area contributed by atoms with Crippen LogP contribution in [0.4, 0.5) is 5.13 Å². The Morgan fingerprint density at radius 3 is 2.47 bits per heavy atom. The van der Waals surface area contributed by atoms with Gasteiger partial charge in [0.2, 0.25) is 0 Å². The number of hydrogen-bond acceptors (Lipinski definition) is 4. The monoisotopic (exact) mass is 282 g/mol. The molecule has 106 valence electrons. The van der Waals surface area contributed by atoms with E-state index in [1.165, 1.54) is 11.3 Å². The zero-order valence-electron chi connectivity index (χ0n) is 11.9. The Bertz CT molecular complexity index is 445. The van der Waals surface area contributed by atoms with Gasteiger partial charge in [-0.15, -0.1) is 11.3 Å². The lowest BCUT2D eigenvalue weighted by molar-refractivity contribution is -0.138. The molecule has 0 spiro atoms. The van der Waals surface area contributed by atoms with Gasteiger partial charge in [0.05, 0.1) is 17.7 Å². The molecular weight excluding hydrogens is 260 g/mol. The molecule has 0 radical (unpaired) electrons. The van der Waals surface area contributed by atoms with Gasteiger partial charge < -0.3 is 10.0 Å². The van der Waals surface area contributed by atoms with Gasteiger partial charge in [-0.2, -0.15) is 0 Å². The molecular formula is C14H22N2O2S. The minimum atomic E-state index is -0.709. The summed E-state index contributed by atoms with van der Waals surface area (Å²) in [6.07, 6.45) is 5.55. The van der Waals surface area contributed by atoms with Crippen LogP contribution >= 0.6 is 11.3 Å². The molecule has 2 rings (SSSR count). The maximum Gasteiger partial charge on any atom is 0.305 e. The average molecular weight is 282 g/mol. The van der Waals surface area contributed by atoms with Crippen LogP contribution in [0.1, 0.15) is 49.1 Å². The number of rotatable bonds is 4. The fraction of sp³-hybridized carbons (Fsp3) is 0.714. The first-order valence-electron chi connectivity index (χ1n) is 6.84. The quantitative estimate of drug-likeness (QED) is 0.920. The molecule has 1 fully saturated rings. The average Bonchev–Trinajstić information content (AvgIpc) is 2.69. The molecule has 1 aromatic rings. The first-order chi connectivity index (χ1) is 8.94. The molecule has 1 heterocycles. The third kappa shape index (κ3) is 2.91. The minimum absolute atomic E-state index is 0.209. The van der Waals surface area contributed by atoms with E-state index in [-0.39, 0.29) is 12.0 Å². The van der Waals surface area contributed by atoms with Crippen LogP contribution in [-0.2, 0) is 4.79 Å². The number of carboxylic acids is 1. The van der Waals surface area contributed by atoms with E-state index in [1.54, 1.807) is 11.3 Å². The van der Waals surface area contributed by atoms with E-state index in [9.17, 15) is 9.90 Å². The third-order valence-corrected chi connectivity index (χ3v) is 5.43. The van der Waals surface area contributed by atoms with E-state index in [4.69, 9.17) is 0 Å². The largest absolute Gasteiger partial charge is 0.481 e. The molecule has 1 aliphatic rings. The Kier molecular flexibility index (Phi) is 4.13. The predicted molar refractivity (Wildman–Crippen MR) is 78.1 cm³/mol. The molecule has 1 N–H and O–H groups in total. The summed E-state index contributed by atoms with van der Waals surface area (Å²) >= 11 is 1.66. The van der Waals surface area contributed by atoms with Crippen LogP contribution in [0.25, 0.3) is 0 Å². The van der Waals surface area contributed by atoms with Gasteiger partial charge in [0, 0.05) is 11.9 Å². The van der Waals surface area contributed by atoms with E-state index in [0.717, 1.165) is 36.5 Å². The van der Waals surface area contributed by atoms with Gasteiger partial charge in [-0.3, -0.25) is 4.79 Å². The number of hydrogen-bond donors (Lipinski definition) is 1. The van der Waals surface area contributed by atoms with E-state index in [0.29, 0.717) is 0 Å². The van der Waals surface area contributed by atoms with Crippen molar-refractivity contribution in [3.05, 3.63) is 10.6 Å². The molecule has 0 amide bonds. The van der Waals surface area contributed by atoms with Gasteiger partial charge in [0.1, 0.15) is 0 Å². The smallest absolute Gasteiger partial charge is 0.305 e. The number of aryl methyl sites for hydroxylation is 2. The second-order valence-corrected chi connectivity index (χ2v) is 6.73. The highest BCUT2D eigenvalue weighted by Crippen LogP contribution is 2.40. The maximum atomic E-state index is 11.2. The van der Waals surface area contributed by atoms with Gasteiger partial charge in [-0.05, 0) is 26.7 Å². The summed E-state index contributed by atoms with van der Waals surface area (Å²) < 4.78 is 0. The zero-order valence-corrected chi connectivity index (χ0v) is 12.7. The molecule has 0 atom stereocenters. The molecule has 0 aliphatic heterocycles. The van der Waals surface area contributed by atoms with Crippen LogP contribution in [0.2, 0.25) is 0 Å². The summed E-state index contributed by atoms with van der Waals surface area (Å²) in [5, 5.41) is 10.2. The van der Waals surface area contributed by atoms with Crippen molar-refractivity contribution in [2.75, 3.05) is 11.9 Å². The summed E-state index contributed by atoms with van der Waals surface area (Å²) in [7, 11) is 2.01. The van der Waals surface area contributed by atoms with Crippen LogP contribution in [0, 0.1) is 13.8 Å². The van der Waals surface area contributed by atoms with Gasteiger partial charge in [0.15, 0.2) is 5.13 Å². The molecule has 1 aromatic heterocycles. The van der Waals surface area contributed by atoms with Crippen molar-refractivity contribution in [1.82, 2.24) is 4.98 Å². The summed E-state index contributed by atoms with van der Waals surface area (Å²) in [4.78, 5) is 19.2. The van der Waals surface area contributed by atoms with Crippen molar-refractivity contribution in [3.8, 4) is 0 Å². The van der Waals surface area contributed by atoms with Crippen LogP contribution in [0.3, 0.4) is 0 Å². The molecule has 0 bridgehead atoms. The highest BCUT2D eigenvalue weighted by Gasteiger charge is 2.39. The molecule has 5 heteroatoms. The van der Waals surface area contributed by atoms with Crippen molar-refractivity contribution >= 4 is 22.4 Å². The normalized spacial score (nSPS) is 18.3. The Hall–Kier alpha value is -1.10. The molecule has 0 unspecified atom stereocenters. The first kappa shape index (κ1) is 14.3. The van der Waals surface area contributed by atoms with E-state index in [2.05, 4.69) is 16.8 Å². The predicted octanol–water partition coefficient (Wildman–Crippen LogP) is 3.37. The van der Waals surface area contributed by atoms with Crippen LogP contribution < -0.4 is 4.90 Å². The van der Waals surface area contributed by atoms with Gasteiger partial charge in [-0.1, -0.05) is 19.3 Å². The number of aliphatic carboxylic acids is 1. The summed E-state index contributed by atoms with van der Waals surface area (Å²) in [6.45, 7) is 4.07. The fourth-order valence-electron chi connectivity index (χ4n) is 2.92. The lowest BCUT2D eigenvalue weighted by Gasteiger charge is -2.43. The first-order valence-corrected chi connectivity index (χ1v) is 7.66. The van der Waals surface area contributed by atoms with Crippen molar-refractivity contribution in [2.24, 2.45) is 0 Å². The van der Waals surface area contributed by atoms with Gasteiger partial charge in [0.25, 0.3) is 0 Å². The Morgan fingerprint density at radius 1 is 1.37 bits per heavy atom. The Balaban J connectivity index is 2.29. The molecule has 0 saturated heterocycles. The number of thiazole rings is 1. The Labute approximate surface area is 118 Å². The SMILES string of the molecule is Cc1nc(N(C)C2(CC(=O)O)CCCCC2)sc1C. The molecule has 1 aliphatic carbocycles. The van der Waals surface area contributed by atoms with Crippen molar-refractivity contribution < 1.29 is 9.90 Å². The molecule has 19 heavy (non-hydrogen) atoms. The van der Waals surface area contributed by atoms with Crippen molar-refractivity contribution in [2.45, 2.75) is 57.9 Å². The van der Waals surface area contributed by atoms with Gasteiger partial charge in [-0.25, -0.2) is 4.98 Å². The van der Waals surface area contributed by atoms with E-state index < -0.39 is 5.97 Å². The molecule has 4 nitrogen and oxygen atoms in total. The minimum Gasteiger partial charge on any atom is -0.481 e. The highest BCUT2D eigenvalue weighted by atomic mass is 32.1. The number of carbonyl (C=O) groups is 1. The maximum absolute atomic E-state index is 11.2. The Morgan fingerprint density at radius 2 is 2.00 bits per heavy atom. The summed E-state index contributed by atoms with van der Waals surface area (Å²) in [5.74, 6) is -0.709. The lowest BCUT2D eigenvalue weighted by Crippen LogP contribution is -2.49. The van der Waals surface area contributed by atoms with Crippen molar-refractivity contribution in [3.63, 3.8) is 0 Å². The number of nitrogens with zero attached hydrogens (tertiary/aromatic N) is 2. The highest BCUT2D eigenvalue weighted by molar-refractivity contribution is 7.15.